The molecule has 2 aromatic rings. The Hall–Kier alpha value is -2.67. The second-order valence-electron chi connectivity index (χ2n) is 5.63. The molecule has 0 atom stereocenters. The van der Waals surface area contributed by atoms with Gasteiger partial charge in [0.25, 0.3) is 5.91 Å². The number of hydrogen-bond donors (Lipinski definition) is 3. The molecular weight excluding hydrogens is 461 g/mol. The Bertz CT molecular complexity index is 911. The standard InChI is InChI=1S/C16H18N2O4S2.C2HF3O2/c1-22-13-3-2-11-9-14(18-10-12(11)8-13)16(21)17-5-7-24-23-6-4-15(19)20;3-2(4,5)1(6)7/h2-3,8-10H,4-7H2,1H3,(H,17,21)(H,19,20);(H,6,7). The quantitative estimate of drug-likeness (QED) is 0.365. The van der Waals surface area contributed by atoms with Crippen LogP contribution in [0.2, 0.25) is 0 Å². The Kier molecular flexibility index (Phi) is 11.0. The van der Waals surface area contributed by atoms with E-state index < -0.39 is 18.1 Å². The fraction of sp³-hybridized carbons (Fsp3) is 0.333. The van der Waals surface area contributed by atoms with Crippen LogP contribution in [0.4, 0.5) is 13.2 Å². The molecule has 0 radical (unpaired) electrons. The molecule has 0 fully saturated rings. The van der Waals surface area contributed by atoms with Crippen LogP contribution in [0, 0.1) is 0 Å². The predicted molar refractivity (Wildman–Crippen MR) is 111 cm³/mol. The molecule has 31 heavy (non-hydrogen) atoms. The lowest BCUT2D eigenvalue weighted by molar-refractivity contribution is -0.192. The van der Waals surface area contributed by atoms with Crippen molar-refractivity contribution in [2.24, 2.45) is 0 Å². The van der Waals surface area contributed by atoms with Gasteiger partial charge in [-0.25, -0.2) is 4.79 Å². The number of alkyl halides is 3. The van der Waals surface area contributed by atoms with Crippen LogP contribution >= 0.6 is 21.6 Å². The summed E-state index contributed by atoms with van der Waals surface area (Å²) in [5, 5.41) is 20.3. The van der Waals surface area contributed by atoms with Crippen molar-refractivity contribution in [3.05, 3.63) is 36.2 Å². The van der Waals surface area contributed by atoms with Gasteiger partial charge in [0.1, 0.15) is 11.4 Å². The number of nitrogens with one attached hydrogen (secondary N) is 1. The van der Waals surface area contributed by atoms with E-state index in [1.165, 1.54) is 10.8 Å². The van der Waals surface area contributed by atoms with Crippen molar-refractivity contribution in [3.63, 3.8) is 0 Å². The fourth-order valence-electron chi connectivity index (χ4n) is 1.91. The summed E-state index contributed by atoms with van der Waals surface area (Å²) in [7, 11) is 4.64. The second kappa shape index (κ2) is 12.9. The topological polar surface area (TPSA) is 126 Å². The number of carbonyl (C=O) groups excluding carboxylic acids is 1. The predicted octanol–water partition coefficient (Wildman–Crippen LogP) is 3.46. The van der Waals surface area contributed by atoms with Crippen LogP contribution < -0.4 is 10.1 Å². The molecule has 1 aromatic heterocycles. The largest absolute Gasteiger partial charge is 0.497 e. The summed E-state index contributed by atoms with van der Waals surface area (Å²) in [6.07, 6.45) is -3.28. The Labute approximate surface area is 183 Å². The number of aliphatic carboxylic acids is 2. The molecule has 0 spiro atoms. The maximum absolute atomic E-state index is 12.1. The molecule has 1 amide bonds. The first kappa shape index (κ1) is 26.4. The average Bonchev–Trinajstić information content (AvgIpc) is 2.71. The van der Waals surface area contributed by atoms with Crippen molar-refractivity contribution < 1.29 is 42.5 Å². The average molecular weight is 480 g/mol. The molecule has 0 unspecified atom stereocenters. The van der Waals surface area contributed by atoms with E-state index in [4.69, 9.17) is 19.7 Å². The SMILES string of the molecule is COc1ccc2cc(C(=O)NCCSSCCC(=O)O)ncc2c1.O=C(O)C(F)(F)F. The van der Waals surface area contributed by atoms with Crippen molar-refractivity contribution in [3.8, 4) is 5.75 Å². The number of nitrogens with zero attached hydrogens (tertiary/aromatic N) is 1. The van der Waals surface area contributed by atoms with Gasteiger partial charge in [-0.15, -0.1) is 0 Å². The summed E-state index contributed by atoms with van der Waals surface area (Å²) >= 11 is 0. The number of rotatable bonds is 9. The minimum Gasteiger partial charge on any atom is -0.497 e. The minimum absolute atomic E-state index is 0.149. The zero-order valence-electron chi connectivity index (χ0n) is 16.1. The van der Waals surface area contributed by atoms with Gasteiger partial charge in [0.05, 0.1) is 13.5 Å². The molecule has 0 saturated heterocycles. The van der Waals surface area contributed by atoms with E-state index in [0.717, 1.165) is 16.5 Å². The number of methoxy groups -OCH3 is 1. The van der Waals surface area contributed by atoms with Crippen molar-refractivity contribution in [2.75, 3.05) is 25.2 Å². The molecular formula is C18H19F3N2O6S2. The number of carbonyl (C=O) groups is 3. The zero-order chi connectivity index (χ0) is 23.4. The number of benzene rings is 1. The van der Waals surface area contributed by atoms with Crippen LogP contribution in [0.3, 0.4) is 0 Å². The molecule has 0 aliphatic rings. The molecule has 3 N–H and O–H groups in total. The first-order valence-corrected chi connectivity index (χ1v) is 11.0. The first-order chi connectivity index (χ1) is 14.5. The highest BCUT2D eigenvalue weighted by atomic mass is 33.1. The number of carboxylic acids is 2. The van der Waals surface area contributed by atoms with Gasteiger partial charge in [0, 0.05) is 29.6 Å². The van der Waals surface area contributed by atoms with Gasteiger partial charge in [-0.3, -0.25) is 14.6 Å². The number of carboxylic acid groups (broad SMARTS) is 2. The lowest BCUT2D eigenvalue weighted by Gasteiger charge is -2.06. The van der Waals surface area contributed by atoms with E-state index in [1.54, 1.807) is 30.2 Å². The summed E-state index contributed by atoms with van der Waals surface area (Å²) in [6.45, 7) is 0.506. The summed E-state index contributed by atoms with van der Waals surface area (Å²) < 4.78 is 36.9. The summed E-state index contributed by atoms with van der Waals surface area (Å²) in [6, 6.07) is 7.35. The lowest BCUT2D eigenvalue weighted by Crippen LogP contribution is -2.26. The summed E-state index contributed by atoms with van der Waals surface area (Å²) in [5.41, 5.74) is 0.371. The number of fused-ring (bicyclic) bond motifs is 1. The summed E-state index contributed by atoms with van der Waals surface area (Å²) in [5.74, 6) is -1.75. The number of hydrogen-bond acceptors (Lipinski definition) is 7. The lowest BCUT2D eigenvalue weighted by atomic mass is 10.1. The van der Waals surface area contributed by atoms with Crippen LogP contribution in [0.25, 0.3) is 10.8 Å². The van der Waals surface area contributed by atoms with E-state index in [1.807, 2.05) is 18.2 Å². The number of halogens is 3. The third-order valence-electron chi connectivity index (χ3n) is 3.36. The maximum atomic E-state index is 12.1. The van der Waals surface area contributed by atoms with Crippen molar-refractivity contribution in [2.45, 2.75) is 12.6 Å². The van der Waals surface area contributed by atoms with Crippen LogP contribution in [-0.2, 0) is 9.59 Å². The van der Waals surface area contributed by atoms with Gasteiger partial charge in [-0.05, 0) is 23.6 Å². The number of ether oxygens (including phenoxy) is 1. The number of amides is 1. The highest BCUT2D eigenvalue weighted by molar-refractivity contribution is 8.76. The van der Waals surface area contributed by atoms with Crippen molar-refractivity contribution in [1.82, 2.24) is 10.3 Å². The monoisotopic (exact) mass is 480 g/mol. The highest BCUT2D eigenvalue weighted by Gasteiger charge is 2.38. The molecule has 1 heterocycles. The van der Waals surface area contributed by atoms with Crippen LogP contribution in [-0.4, -0.2) is 64.4 Å². The van der Waals surface area contributed by atoms with Crippen molar-refractivity contribution in [1.29, 1.82) is 0 Å². The molecule has 170 valence electrons. The van der Waals surface area contributed by atoms with Gasteiger partial charge in [-0.2, -0.15) is 13.2 Å². The van der Waals surface area contributed by atoms with Gasteiger partial charge >= 0.3 is 18.1 Å². The second-order valence-corrected chi connectivity index (χ2v) is 8.33. The van der Waals surface area contributed by atoms with Gasteiger partial charge in [0.2, 0.25) is 0 Å². The minimum atomic E-state index is -5.08. The Morgan fingerprint density at radius 3 is 2.32 bits per heavy atom. The van der Waals surface area contributed by atoms with E-state index in [0.29, 0.717) is 23.7 Å². The molecule has 13 heteroatoms. The van der Waals surface area contributed by atoms with Crippen LogP contribution in [0.5, 0.6) is 5.75 Å². The van der Waals surface area contributed by atoms with Gasteiger partial charge < -0.3 is 20.3 Å². The molecule has 0 aliphatic heterocycles. The molecule has 0 bridgehead atoms. The molecule has 0 aliphatic carbocycles. The zero-order valence-corrected chi connectivity index (χ0v) is 17.8. The van der Waals surface area contributed by atoms with Gasteiger partial charge in [-0.1, -0.05) is 27.7 Å². The Balaban J connectivity index is 0.000000592. The van der Waals surface area contributed by atoms with E-state index in [9.17, 15) is 22.8 Å². The molecule has 8 nitrogen and oxygen atoms in total. The summed E-state index contributed by atoms with van der Waals surface area (Å²) in [4.78, 5) is 35.5. The third kappa shape index (κ3) is 10.3. The normalized spacial score (nSPS) is 10.7. The Morgan fingerprint density at radius 2 is 1.74 bits per heavy atom. The van der Waals surface area contributed by atoms with Gasteiger partial charge in [0.15, 0.2) is 0 Å². The molecule has 1 aromatic carbocycles. The smallest absolute Gasteiger partial charge is 0.490 e. The van der Waals surface area contributed by atoms with Crippen LogP contribution in [0.15, 0.2) is 30.5 Å². The number of aromatic nitrogens is 1. The van der Waals surface area contributed by atoms with Crippen LogP contribution in [0.1, 0.15) is 16.9 Å². The van der Waals surface area contributed by atoms with E-state index in [2.05, 4.69) is 10.3 Å². The highest BCUT2D eigenvalue weighted by Crippen LogP contribution is 2.22. The maximum Gasteiger partial charge on any atom is 0.490 e. The Morgan fingerprint density at radius 1 is 1.10 bits per heavy atom. The van der Waals surface area contributed by atoms with Crippen molar-refractivity contribution >= 4 is 50.2 Å². The molecule has 2 rings (SSSR count). The number of pyridine rings is 1. The van der Waals surface area contributed by atoms with E-state index >= 15 is 0 Å². The first-order valence-electron chi connectivity index (χ1n) is 8.53. The molecule has 0 saturated carbocycles. The van der Waals surface area contributed by atoms with E-state index in [-0.39, 0.29) is 12.3 Å². The third-order valence-corrected chi connectivity index (χ3v) is 5.77. The fourth-order valence-corrected chi connectivity index (χ4v) is 3.80.